The number of aromatic hydroxyl groups is 1. The molecule has 0 aromatic heterocycles. The molecule has 1 fully saturated rings. The lowest BCUT2D eigenvalue weighted by Gasteiger charge is -2.32. The third-order valence-corrected chi connectivity index (χ3v) is 5.26. The number of halogens is 3. The predicted octanol–water partition coefficient (Wildman–Crippen LogP) is 3.13. The summed E-state index contributed by atoms with van der Waals surface area (Å²) in [5.41, 5.74) is 0.820. The Kier molecular flexibility index (Phi) is 9.54. The van der Waals surface area contributed by atoms with Crippen molar-refractivity contribution in [3.8, 4) is 17.2 Å². The molecule has 0 bridgehead atoms. The van der Waals surface area contributed by atoms with E-state index < -0.39 is 12.7 Å². The number of phenols is 1. The van der Waals surface area contributed by atoms with Gasteiger partial charge in [-0.2, -0.15) is 13.2 Å². The van der Waals surface area contributed by atoms with E-state index in [-0.39, 0.29) is 5.75 Å². The van der Waals surface area contributed by atoms with Crippen LogP contribution in [-0.4, -0.2) is 69.1 Å². The molecule has 31 heavy (non-hydrogen) atoms. The molecule has 3 N–H and O–H groups in total. The average Bonchev–Trinajstić information content (AvgIpc) is 2.73. The number of guanidine groups is 1. The SMILES string of the molecule is CCNC(=NCc1cc(OC)c(O)c(OC)c1)NCCC1CCN(CC(F)(F)F)CC1. The standard InChI is InChI=1S/C21H33F3N4O3/c1-4-25-20(27-13-16-11-17(30-2)19(29)18(12-16)31-3)26-8-5-15-6-9-28(10-7-15)14-21(22,23)24/h11-12,15,29H,4-10,13-14H2,1-3H3,(H2,25,26,27). The maximum atomic E-state index is 12.5. The number of benzene rings is 1. The summed E-state index contributed by atoms with van der Waals surface area (Å²) in [5.74, 6) is 1.65. The van der Waals surface area contributed by atoms with Crippen LogP contribution in [0.2, 0.25) is 0 Å². The van der Waals surface area contributed by atoms with E-state index >= 15 is 0 Å². The molecule has 0 saturated carbocycles. The summed E-state index contributed by atoms with van der Waals surface area (Å²) < 4.78 is 47.9. The van der Waals surface area contributed by atoms with Gasteiger partial charge in [0.2, 0.25) is 5.75 Å². The van der Waals surface area contributed by atoms with E-state index in [1.165, 1.54) is 19.1 Å². The predicted molar refractivity (Wildman–Crippen MR) is 114 cm³/mol. The number of hydrogen-bond acceptors (Lipinski definition) is 5. The number of aliphatic imine (C=N–C) groups is 1. The number of hydrogen-bond donors (Lipinski definition) is 3. The lowest BCUT2D eigenvalue weighted by atomic mass is 9.93. The molecule has 1 aromatic rings. The summed E-state index contributed by atoms with van der Waals surface area (Å²) in [5, 5.41) is 16.5. The topological polar surface area (TPSA) is 78.4 Å². The molecule has 0 radical (unpaired) electrons. The van der Waals surface area contributed by atoms with Gasteiger partial charge >= 0.3 is 6.18 Å². The summed E-state index contributed by atoms with van der Waals surface area (Å²) in [6.07, 6.45) is -1.70. The first-order chi connectivity index (χ1) is 14.8. The number of methoxy groups -OCH3 is 2. The van der Waals surface area contributed by atoms with Gasteiger partial charge < -0.3 is 25.2 Å². The summed E-state index contributed by atoms with van der Waals surface area (Å²) in [7, 11) is 2.95. The third kappa shape index (κ3) is 8.35. The van der Waals surface area contributed by atoms with E-state index in [1.807, 2.05) is 6.92 Å². The fraction of sp³-hybridized carbons (Fsp3) is 0.667. The Morgan fingerprint density at radius 3 is 2.29 bits per heavy atom. The van der Waals surface area contributed by atoms with Crippen LogP contribution in [0.15, 0.2) is 17.1 Å². The van der Waals surface area contributed by atoms with E-state index in [1.54, 1.807) is 12.1 Å². The highest BCUT2D eigenvalue weighted by atomic mass is 19.4. The Bertz CT molecular complexity index is 695. The van der Waals surface area contributed by atoms with Gasteiger partial charge in [0.15, 0.2) is 17.5 Å². The van der Waals surface area contributed by atoms with Crippen molar-refractivity contribution in [3.05, 3.63) is 17.7 Å². The van der Waals surface area contributed by atoms with E-state index in [0.29, 0.717) is 56.1 Å². The molecule has 1 heterocycles. The molecule has 0 aliphatic carbocycles. The van der Waals surface area contributed by atoms with Gasteiger partial charge in [-0.1, -0.05) is 0 Å². The number of phenolic OH excluding ortho intramolecular Hbond substituents is 1. The van der Waals surface area contributed by atoms with Crippen LogP contribution in [0, 0.1) is 5.92 Å². The van der Waals surface area contributed by atoms with Crippen LogP contribution >= 0.6 is 0 Å². The van der Waals surface area contributed by atoms with Gasteiger partial charge in [-0.05, 0) is 62.9 Å². The number of alkyl halides is 3. The van der Waals surface area contributed by atoms with E-state index in [4.69, 9.17) is 9.47 Å². The highest BCUT2D eigenvalue weighted by Crippen LogP contribution is 2.37. The maximum absolute atomic E-state index is 12.5. The Labute approximate surface area is 181 Å². The van der Waals surface area contributed by atoms with E-state index in [9.17, 15) is 18.3 Å². The van der Waals surface area contributed by atoms with Crippen molar-refractivity contribution in [2.45, 2.75) is 38.9 Å². The van der Waals surface area contributed by atoms with Crippen LogP contribution in [-0.2, 0) is 6.54 Å². The molecule has 0 unspecified atom stereocenters. The zero-order chi connectivity index (χ0) is 22.9. The molecule has 1 aliphatic rings. The van der Waals surface area contributed by atoms with Crippen LogP contribution in [0.25, 0.3) is 0 Å². The number of rotatable bonds is 9. The fourth-order valence-corrected chi connectivity index (χ4v) is 3.63. The van der Waals surface area contributed by atoms with Gasteiger partial charge in [0.25, 0.3) is 0 Å². The number of piperidine rings is 1. The minimum absolute atomic E-state index is 0.0518. The average molecular weight is 447 g/mol. The lowest BCUT2D eigenvalue weighted by molar-refractivity contribution is -0.148. The molecular weight excluding hydrogens is 413 g/mol. The second-order valence-electron chi connectivity index (χ2n) is 7.59. The minimum Gasteiger partial charge on any atom is -0.502 e. The first-order valence-electron chi connectivity index (χ1n) is 10.5. The monoisotopic (exact) mass is 446 g/mol. The van der Waals surface area contributed by atoms with Crippen LogP contribution in [0.4, 0.5) is 13.2 Å². The first kappa shape index (κ1) is 24.9. The van der Waals surface area contributed by atoms with Gasteiger partial charge in [0.05, 0.1) is 27.3 Å². The quantitative estimate of drug-likeness (QED) is 0.400. The van der Waals surface area contributed by atoms with Crippen molar-refractivity contribution in [2.75, 3.05) is 46.9 Å². The van der Waals surface area contributed by atoms with Gasteiger partial charge in [-0.3, -0.25) is 4.90 Å². The molecular formula is C21H33F3N4O3. The summed E-state index contributed by atoms with van der Waals surface area (Å²) in [6.45, 7) is 3.88. The van der Waals surface area contributed by atoms with Crippen molar-refractivity contribution < 1.29 is 27.8 Å². The van der Waals surface area contributed by atoms with Crippen LogP contribution in [0.3, 0.4) is 0 Å². The lowest BCUT2D eigenvalue weighted by Crippen LogP contribution is -2.41. The Morgan fingerprint density at radius 2 is 1.77 bits per heavy atom. The fourth-order valence-electron chi connectivity index (χ4n) is 3.63. The summed E-state index contributed by atoms with van der Waals surface area (Å²) in [4.78, 5) is 6.05. The third-order valence-electron chi connectivity index (χ3n) is 5.26. The Balaban J connectivity index is 1.85. The molecule has 7 nitrogen and oxygen atoms in total. The molecule has 2 rings (SSSR count). The molecule has 0 amide bonds. The van der Waals surface area contributed by atoms with Crippen molar-refractivity contribution in [3.63, 3.8) is 0 Å². The number of nitrogens with zero attached hydrogens (tertiary/aromatic N) is 2. The highest BCUT2D eigenvalue weighted by Gasteiger charge is 2.32. The summed E-state index contributed by atoms with van der Waals surface area (Å²) >= 11 is 0. The first-order valence-corrected chi connectivity index (χ1v) is 10.5. The van der Waals surface area contributed by atoms with Gasteiger partial charge in [0.1, 0.15) is 0 Å². The van der Waals surface area contributed by atoms with Gasteiger partial charge in [0, 0.05) is 13.1 Å². The zero-order valence-corrected chi connectivity index (χ0v) is 18.4. The van der Waals surface area contributed by atoms with Crippen molar-refractivity contribution in [1.82, 2.24) is 15.5 Å². The largest absolute Gasteiger partial charge is 0.502 e. The molecule has 0 spiro atoms. The second-order valence-corrected chi connectivity index (χ2v) is 7.59. The van der Waals surface area contributed by atoms with Crippen molar-refractivity contribution in [2.24, 2.45) is 10.9 Å². The Hall–Kier alpha value is -2.36. The molecule has 1 aliphatic heterocycles. The normalized spacial score (nSPS) is 16.3. The number of nitrogens with one attached hydrogen (secondary N) is 2. The van der Waals surface area contributed by atoms with E-state index in [0.717, 1.165) is 24.8 Å². The molecule has 10 heteroatoms. The smallest absolute Gasteiger partial charge is 0.401 e. The van der Waals surface area contributed by atoms with Gasteiger partial charge in [-0.25, -0.2) is 4.99 Å². The van der Waals surface area contributed by atoms with Crippen molar-refractivity contribution in [1.29, 1.82) is 0 Å². The van der Waals surface area contributed by atoms with Crippen LogP contribution < -0.4 is 20.1 Å². The van der Waals surface area contributed by atoms with Gasteiger partial charge in [-0.15, -0.1) is 0 Å². The van der Waals surface area contributed by atoms with Crippen LogP contribution in [0.5, 0.6) is 17.2 Å². The zero-order valence-electron chi connectivity index (χ0n) is 18.4. The van der Waals surface area contributed by atoms with E-state index in [2.05, 4.69) is 15.6 Å². The molecule has 1 saturated heterocycles. The van der Waals surface area contributed by atoms with Crippen LogP contribution in [0.1, 0.15) is 31.7 Å². The molecule has 0 atom stereocenters. The summed E-state index contributed by atoms with van der Waals surface area (Å²) in [6, 6.07) is 3.42. The van der Waals surface area contributed by atoms with Crippen molar-refractivity contribution >= 4 is 5.96 Å². The number of ether oxygens (including phenoxy) is 2. The molecule has 1 aromatic carbocycles. The highest BCUT2D eigenvalue weighted by molar-refractivity contribution is 5.79. The minimum atomic E-state index is -4.13. The number of likely N-dealkylation sites (tertiary alicyclic amines) is 1. The maximum Gasteiger partial charge on any atom is 0.401 e. The second kappa shape index (κ2) is 11.9. The Morgan fingerprint density at radius 1 is 1.16 bits per heavy atom. The molecule has 176 valence electrons.